The van der Waals surface area contributed by atoms with Crippen LogP contribution in [0.2, 0.25) is 0 Å². The van der Waals surface area contributed by atoms with Gasteiger partial charge in [0.05, 0.1) is 12.1 Å². The lowest BCUT2D eigenvalue weighted by Crippen LogP contribution is -2.51. The molecular formula is C28H34N4O2. The van der Waals surface area contributed by atoms with Crippen molar-refractivity contribution in [3.05, 3.63) is 23.0 Å². The highest BCUT2D eigenvalue weighted by molar-refractivity contribution is 5.55. The first kappa shape index (κ1) is 22.1. The molecule has 1 heterocycles. The van der Waals surface area contributed by atoms with Crippen LogP contribution < -0.4 is 0 Å². The van der Waals surface area contributed by atoms with Crippen LogP contribution >= 0.6 is 0 Å². The van der Waals surface area contributed by atoms with E-state index in [0.717, 1.165) is 49.0 Å². The highest BCUT2D eigenvalue weighted by Gasteiger charge is 2.70. The van der Waals surface area contributed by atoms with Gasteiger partial charge >= 0.3 is 0 Å². The van der Waals surface area contributed by atoms with E-state index in [2.05, 4.69) is 24.0 Å². The molecule has 0 saturated heterocycles. The van der Waals surface area contributed by atoms with Gasteiger partial charge in [0.15, 0.2) is 5.69 Å². The van der Waals surface area contributed by atoms with Gasteiger partial charge in [-0.1, -0.05) is 6.92 Å². The molecule has 0 bridgehead atoms. The van der Waals surface area contributed by atoms with E-state index in [-0.39, 0.29) is 23.6 Å². The molecule has 10 atom stereocenters. The number of allylic oxidation sites excluding steroid dienone is 1. The number of nitrogens with zero attached hydrogens (tertiary/aromatic N) is 4. The fourth-order valence-electron chi connectivity index (χ4n) is 9.74. The van der Waals surface area contributed by atoms with Crippen molar-refractivity contribution in [3.8, 4) is 12.1 Å². The summed E-state index contributed by atoms with van der Waals surface area (Å²) < 4.78 is 1.53. The highest BCUT2D eigenvalue weighted by atomic mass is 16.3. The Hall–Kier alpha value is -2.40. The fourth-order valence-corrected chi connectivity index (χ4v) is 9.74. The standard InChI is InChI=1S/C28H34N4O2/c1-27(34)7-5-20-16(11-27)3-4-22-21(20)6-8-28(2)25(23-10-24(23)26(22)28)17(15-33)14-32-19(13-30)9-18(12-29)31-32/h9,16,20-26,34H,3-8,10-11,14H2,1-2H3/t16-,20+,21-,22-,23+,24-,25+,26-,27-,28-/m1/s1. The van der Waals surface area contributed by atoms with Crippen LogP contribution in [0, 0.1) is 75.4 Å². The molecule has 0 spiro atoms. The molecule has 5 aliphatic carbocycles. The van der Waals surface area contributed by atoms with Gasteiger partial charge in [-0.2, -0.15) is 15.6 Å². The Kier molecular flexibility index (Phi) is 4.90. The van der Waals surface area contributed by atoms with E-state index in [0.29, 0.717) is 29.4 Å². The minimum absolute atomic E-state index is 0.104. The van der Waals surface area contributed by atoms with Gasteiger partial charge < -0.3 is 5.11 Å². The Labute approximate surface area is 201 Å². The largest absolute Gasteiger partial charge is 0.390 e. The summed E-state index contributed by atoms with van der Waals surface area (Å²) in [5.41, 5.74) is 0.896. The van der Waals surface area contributed by atoms with E-state index in [1.165, 1.54) is 36.4 Å². The summed E-state index contributed by atoms with van der Waals surface area (Å²) in [5, 5.41) is 33.6. The molecule has 1 aromatic heterocycles. The first-order valence-electron chi connectivity index (χ1n) is 13.1. The molecule has 0 aliphatic heterocycles. The molecule has 6 heteroatoms. The van der Waals surface area contributed by atoms with Crippen LogP contribution in [-0.2, 0) is 11.3 Å². The predicted octanol–water partition coefficient (Wildman–Crippen LogP) is 4.26. The second kappa shape index (κ2) is 7.55. The van der Waals surface area contributed by atoms with Gasteiger partial charge in [0.25, 0.3) is 0 Å². The molecule has 5 fully saturated rings. The lowest BCUT2D eigenvalue weighted by atomic mass is 9.47. The molecule has 34 heavy (non-hydrogen) atoms. The summed E-state index contributed by atoms with van der Waals surface area (Å²) in [5.74, 6) is 7.35. The van der Waals surface area contributed by atoms with Crippen LogP contribution in [-0.4, -0.2) is 26.4 Å². The normalized spacial score (nSPS) is 46.0. The number of hydrogen-bond acceptors (Lipinski definition) is 5. The van der Waals surface area contributed by atoms with Crippen LogP contribution in [0.5, 0.6) is 0 Å². The molecule has 5 aliphatic rings. The Morgan fingerprint density at radius 2 is 1.88 bits per heavy atom. The minimum Gasteiger partial charge on any atom is -0.390 e. The summed E-state index contributed by atoms with van der Waals surface area (Å²) >= 11 is 0. The molecule has 1 aromatic rings. The van der Waals surface area contributed by atoms with Gasteiger partial charge in [-0.3, -0.25) is 0 Å². The maximum atomic E-state index is 12.3. The summed E-state index contributed by atoms with van der Waals surface area (Å²) in [6.07, 6.45) is 9.14. The van der Waals surface area contributed by atoms with Crippen molar-refractivity contribution in [3.63, 3.8) is 0 Å². The van der Waals surface area contributed by atoms with Crippen molar-refractivity contribution >= 4 is 5.94 Å². The maximum absolute atomic E-state index is 12.3. The van der Waals surface area contributed by atoms with Crippen molar-refractivity contribution in [2.45, 2.75) is 77.4 Å². The first-order chi connectivity index (χ1) is 16.3. The summed E-state index contributed by atoms with van der Waals surface area (Å²) in [7, 11) is 0. The Morgan fingerprint density at radius 3 is 2.62 bits per heavy atom. The number of carbonyl (C=O) groups excluding carboxylic acids is 1. The zero-order valence-electron chi connectivity index (χ0n) is 20.2. The number of aromatic nitrogens is 2. The van der Waals surface area contributed by atoms with Crippen LogP contribution in [0.1, 0.15) is 76.6 Å². The van der Waals surface area contributed by atoms with Crippen molar-refractivity contribution in [1.29, 1.82) is 10.5 Å². The molecule has 6 rings (SSSR count). The average molecular weight is 459 g/mol. The molecule has 0 radical (unpaired) electrons. The Morgan fingerprint density at radius 1 is 1.09 bits per heavy atom. The van der Waals surface area contributed by atoms with Gasteiger partial charge in [-0.05, 0) is 105 Å². The van der Waals surface area contributed by atoms with E-state index in [1.807, 2.05) is 13.0 Å². The number of aliphatic hydroxyl groups is 1. The lowest BCUT2D eigenvalue weighted by Gasteiger charge is -2.58. The number of rotatable bonds is 3. The third kappa shape index (κ3) is 3.16. The summed E-state index contributed by atoms with van der Waals surface area (Å²) in [6.45, 7) is 4.71. The molecule has 5 saturated carbocycles. The van der Waals surface area contributed by atoms with Gasteiger partial charge in [-0.25, -0.2) is 9.48 Å². The Bertz CT molecular complexity index is 1150. The van der Waals surface area contributed by atoms with Crippen molar-refractivity contribution in [2.75, 3.05) is 0 Å². The van der Waals surface area contributed by atoms with Crippen molar-refractivity contribution in [2.24, 2.45) is 52.8 Å². The molecule has 1 N–H and O–H groups in total. The second-order valence-electron chi connectivity index (χ2n) is 12.6. The van der Waals surface area contributed by atoms with E-state index in [1.54, 1.807) is 0 Å². The molecule has 0 unspecified atom stereocenters. The average Bonchev–Trinajstić information content (AvgIpc) is 3.38. The summed E-state index contributed by atoms with van der Waals surface area (Å²) in [6, 6.07) is 5.61. The van der Waals surface area contributed by atoms with E-state index < -0.39 is 5.60 Å². The second-order valence-corrected chi connectivity index (χ2v) is 12.6. The van der Waals surface area contributed by atoms with Crippen molar-refractivity contribution in [1.82, 2.24) is 9.78 Å². The first-order valence-corrected chi connectivity index (χ1v) is 13.1. The molecular weight excluding hydrogens is 424 g/mol. The number of nitriles is 2. The van der Waals surface area contributed by atoms with Crippen LogP contribution in [0.3, 0.4) is 0 Å². The zero-order valence-corrected chi connectivity index (χ0v) is 20.2. The third-order valence-corrected chi connectivity index (χ3v) is 10.9. The maximum Gasteiger partial charge on any atom is 0.163 e. The SMILES string of the molecule is C[C@@]1(O)CC[C@H]2[C@H](CC[C@@H]3[C@@H]2CC[C@@]2(C)[C@H]3[C@@H]3C[C@@H]3[C@@H]2C(=C=O)Cn2nc(C#N)cc2C#N)C1. The third-order valence-electron chi connectivity index (χ3n) is 10.9. The fraction of sp³-hybridized carbons (Fsp3) is 0.750. The van der Waals surface area contributed by atoms with E-state index in [4.69, 9.17) is 0 Å². The molecule has 6 nitrogen and oxygen atoms in total. The van der Waals surface area contributed by atoms with Crippen LogP contribution in [0.15, 0.2) is 11.6 Å². The number of hydrogen-bond donors (Lipinski definition) is 1. The van der Waals surface area contributed by atoms with E-state index in [9.17, 15) is 20.4 Å². The van der Waals surface area contributed by atoms with Gasteiger partial charge in [0, 0.05) is 17.6 Å². The van der Waals surface area contributed by atoms with Crippen molar-refractivity contribution < 1.29 is 9.90 Å². The summed E-state index contributed by atoms with van der Waals surface area (Å²) in [4.78, 5) is 12.3. The van der Waals surface area contributed by atoms with Crippen LogP contribution in [0.4, 0.5) is 0 Å². The van der Waals surface area contributed by atoms with Gasteiger partial charge in [-0.15, -0.1) is 0 Å². The topological polar surface area (TPSA) is 103 Å². The quantitative estimate of drug-likeness (QED) is 0.682. The van der Waals surface area contributed by atoms with Crippen LogP contribution in [0.25, 0.3) is 0 Å². The monoisotopic (exact) mass is 458 g/mol. The molecule has 178 valence electrons. The number of fused-ring (bicyclic) bond motifs is 7. The predicted molar refractivity (Wildman–Crippen MR) is 124 cm³/mol. The Balaban J connectivity index is 1.27. The van der Waals surface area contributed by atoms with Gasteiger partial charge in [0.1, 0.15) is 23.8 Å². The van der Waals surface area contributed by atoms with E-state index >= 15 is 0 Å². The van der Waals surface area contributed by atoms with Gasteiger partial charge in [0.2, 0.25) is 0 Å². The smallest absolute Gasteiger partial charge is 0.163 e. The highest BCUT2D eigenvalue weighted by Crippen LogP contribution is 2.75. The molecule has 0 amide bonds. The molecule has 0 aromatic carbocycles. The zero-order chi connectivity index (χ0) is 23.8. The lowest BCUT2D eigenvalue weighted by molar-refractivity contribution is -0.104. The minimum atomic E-state index is -0.485.